The molecule has 4 nitrogen and oxygen atoms in total. The fraction of sp³-hybridized carbons (Fsp3) is 1.00. The average molecular weight is 269 g/mol. The molecule has 2 unspecified atom stereocenters. The topological polar surface area (TPSA) is 50.7 Å². The summed E-state index contributed by atoms with van der Waals surface area (Å²) in [6, 6.07) is 0. The lowest BCUT2D eigenvalue weighted by Crippen LogP contribution is -2.58. The molecule has 0 aromatic rings. The molecule has 3 heterocycles. The number of fused-ring (bicyclic) bond motifs is 4. The van der Waals surface area contributed by atoms with E-state index in [2.05, 4.69) is 19.2 Å². The first kappa shape index (κ1) is 13.8. The van der Waals surface area contributed by atoms with Crippen LogP contribution in [0.2, 0.25) is 0 Å². The summed E-state index contributed by atoms with van der Waals surface area (Å²) in [5, 5.41) is 13.9. The van der Waals surface area contributed by atoms with Crippen molar-refractivity contribution >= 4 is 0 Å². The van der Waals surface area contributed by atoms with Gasteiger partial charge in [0.15, 0.2) is 6.29 Å². The van der Waals surface area contributed by atoms with E-state index in [1.165, 1.54) is 0 Å². The minimum Gasteiger partial charge on any atom is -0.374 e. The Hall–Kier alpha value is -0.160. The van der Waals surface area contributed by atoms with Crippen molar-refractivity contribution in [3.05, 3.63) is 0 Å². The highest BCUT2D eigenvalue weighted by molar-refractivity contribution is 5.03. The Morgan fingerprint density at radius 3 is 2.84 bits per heavy atom. The highest BCUT2D eigenvalue weighted by Crippen LogP contribution is 2.52. The first-order valence-electron chi connectivity index (χ1n) is 7.55. The molecule has 0 amide bonds. The first-order chi connectivity index (χ1) is 8.98. The quantitative estimate of drug-likeness (QED) is 0.746. The average Bonchev–Trinajstić information content (AvgIpc) is 2.86. The molecule has 3 aliphatic heterocycles. The molecule has 4 heteroatoms. The number of aliphatic hydroxyl groups excluding tert-OH is 1. The van der Waals surface area contributed by atoms with Gasteiger partial charge in [0.1, 0.15) is 0 Å². The van der Waals surface area contributed by atoms with Gasteiger partial charge in [-0.25, -0.2) is 0 Å². The molecule has 3 fully saturated rings. The largest absolute Gasteiger partial charge is 0.374 e. The molecule has 3 rings (SSSR count). The van der Waals surface area contributed by atoms with E-state index in [-0.39, 0.29) is 16.9 Å². The van der Waals surface area contributed by atoms with Crippen molar-refractivity contribution in [3.63, 3.8) is 0 Å². The van der Waals surface area contributed by atoms with Crippen molar-refractivity contribution in [1.82, 2.24) is 5.32 Å². The number of methoxy groups -OCH3 is 1. The van der Waals surface area contributed by atoms with Gasteiger partial charge in [0.2, 0.25) is 0 Å². The van der Waals surface area contributed by atoms with E-state index in [0.29, 0.717) is 12.0 Å². The number of rotatable bonds is 2. The van der Waals surface area contributed by atoms with Gasteiger partial charge >= 0.3 is 0 Å². The van der Waals surface area contributed by atoms with Crippen LogP contribution >= 0.6 is 0 Å². The molecule has 110 valence electrons. The van der Waals surface area contributed by atoms with Crippen LogP contribution in [0.4, 0.5) is 0 Å². The molecule has 0 saturated carbocycles. The third-order valence-electron chi connectivity index (χ3n) is 5.89. The molecular formula is C15H27NO3. The zero-order chi connectivity index (χ0) is 13.7. The Bertz CT molecular complexity index is 346. The van der Waals surface area contributed by atoms with Gasteiger partial charge in [-0.1, -0.05) is 13.8 Å². The number of nitrogens with one attached hydrogen (secondary N) is 1. The van der Waals surface area contributed by atoms with E-state index in [0.717, 1.165) is 38.8 Å². The molecule has 3 aliphatic rings. The monoisotopic (exact) mass is 269 g/mol. The summed E-state index contributed by atoms with van der Waals surface area (Å²) in [7, 11) is 1.60. The number of aliphatic hydroxyl groups is 1. The lowest BCUT2D eigenvalue weighted by atomic mass is 9.63. The molecule has 5 atom stereocenters. The van der Waals surface area contributed by atoms with Crippen molar-refractivity contribution < 1.29 is 14.6 Å². The van der Waals surface area contributed by atoms with Crippen molar-refractivity contribution in [2.45, 2.75) is 58.0 Å². The maximum absolute atomic E-state index is 10.4. The van der Waals surface area contributed by atoms with Crippen LogP contribution in [-0.2, 0) is 9.47 Å². The number of piperidine rings is 1. The van der Waals surface area contributed by atoms with Gasteiger partial charge < -0.3 is 19.9 Å². The zero-order valence-electron chi connectivity index (χ0n) is 12.3. The highest BCUT2D eigenvalue weighted by atomic mass is 16.6. The molecule has 0 aromatic carbocycles. The van der Waals surface area contributed by atoms with Crippen molar-refractivity contribution in [2.75, 3.05) is 20.2 Å². The Labute approximate surface area is 115 Å². The Balaban J connectivity index is 1.94. The van der Waals surface area contributed by atoms with Gasteiger partial charge in [-0.15, -0.1) is 0 Å². The molecule has 0 radical (unpaired) electrons. The van der Waals surface area contributed by atoms with Crippen molar-refractivity contribution in [1.29, 1.82) is 0 Å². The summed E-state index contributed by atoms with van der Waals surface area (Å²) in [6.07, 6.45) is 4.21. The van der Waals surface area contributed by atoms with E-state index in [1.807, 2.05) is 0 Å². The van der Waals surface area contributed by atoms with E-state index in [4.69, 9.17) is 9.47 Å². The van der Waals surface area contributed by atoms with Crippen LogP contribution < -0.4 is 5.32 Å². The summed E-state index contributed by atoms with van der Waals surface area (Å²) in [5.41, 5.74) is -0.0176. The smallest absolute Gasteiger partial charge is 0.161 e. The van der Waals surface area contributed by atoms with Gasteiger partial charge in [0, 0.05) is 19.1 Å². The van der Waals surface area contributed by atoms with Crippen molar-refractivity contribution in [3.8, 4) is 0 Å². The van der Waals surface area contributed by atoms with Crippen LogP contribution in [0.15, 0.2) is 0 Å². The lowest BCUT2D eigenvalue weighted by Gasteiger charge is -2.52. The van der Waals surface area contributed by atoms with Crippen molar-refractivity contribution in [2.24, 2.45) is 16.7 Å². The first-order valence-corrected chi connectivity index (χ1v) is 7.55. The minimum atomic E-state index is -0.695. The molecule has 19 heavy (non-hydrogen) atoms. The summed E-state index contributed by atoms with van der Waals surface area (Å²) in [5.74, 6) is 0.537. The Morgan fingerprint density at radius 2 is 2.11 bits per heavy atom. The SMILES string of the molecule is COC(O)[C@@]12CNC[C@@H](C1)C(C)(C)C1CC[C@H](C2)O1. The molecule has 0 aliphatic carbocycles. The summed E-state index contributed by atoms with van der Waals surface area (Å²) in [6.45, 7) is 6.51. The molecule has 2 N–H and O–H groups in total. The third kappa shape index (κ3) is 2.13. The Kier molecular flexibility index (Phi) is 3.41. The number of ether oxygens (including phenoxy) is 2. The predicted molar refractivity (Wildman–Crippen MR) is 72.7 cm³/mol. The van der Waals surface area contributed by atoms with Crippen LogP contribution in [0.1, 0.15) is 39.5 Å². The van der Waals surface area contributed by atoms with Crippen LogP contribution in [-0.4, -0.2) is 43.8 Å². The van der Waals surface area contributed by atoms with Gasteiger partial charge in [0.05, 0.1) is 12.2 Å². The fourth-order valence-corrected chi connectivity index (χ4v) is 4.47. The van der Waals surface area contributed by atoms with Crippen LogP contribution in [0, 0.1) is 16.7 Å². The van der Waals surface area contributed by atoms with Crippen LogP contribution in [0.25, 0.3) is 0 Å². The molecule has 4 bridgehead atoms. The normalized spacial score (nSPS) is 46.4. The van der Waals surface area contributed by atoms with E-state index < -0.39 is 6.29 Å². The summed E-state index contributed by atoms with van der Waals surface area (Å²) < 4.78 is 11.6. The second-order valence-electron chi connectivity index (χ2n) is 7.33. The number of hydrogen-bond donors (Lipinski definition) is 2. The molecular weight excluding hydrogens is 242 g/mol. The third-order valence-corrected chi connectivity index (χ3v) is 5.89. The van der Waals surface area contributed by atoms with E-state index in [1.54, 1.807) is 7.11 Å². The minimum absolute atomic E-state index is 0.168. The predicted octanol–water partition coefficient (Wildman–Crippen LogP) is 1.52. The van der Waals surface area contributed by atoms with Crippen LogP contribution in [0.3, 0.4) is 0 Å². The standard InChI is InChI=1S/C15H27NO3/c1-14(2)10-6-15(9-16-8-10,13(17)18-3)7-11-4-5-12(14)19-11/h10-13,16-17H,4-9H2,1-3H3/t10-,11-,12?,13?,15+/m1/s1. The lowest BCUT2D eigenvalue weighted by molar-refractivity contribution is -0.204. The Morgan fingerprint density at radius 1 is 1.32 bits per heavy atom. The summed E-state index contributed by atoms with van der Waals surface area (Å²) in [4.78, 5) is 0. The van der Waals surface area contributed by atoms with Gasteiger partial charge in [0.25, 0.3) is 0 Å². The molecule has 0 spiro atoms. The number of hydrogen-bond acceptors (Lipinski definition) is 4. The highest BCUT2D eigenvalue weighted by Gasteiger charge is 2.54. The molecule has 3 saturated heterocycles. The van der Waals surface area contributed by atoms with E-state index in [9.17, 15) is 5.11 Å². The maximum Gasteiger partial charge on any atom is 0.161 e. The fourth-order valence-electron chi connectivity index (χ4n) is 4.47. The molecule has 0 aromatic heterocycles. The van der Waals surface area contributed by atoms with Gasteiger partial charge in [-0.3, -0.25) is 0 Å². The second kappa shape index (κ2) is 4.69. The van der Waals surface area contributed by atoms with Gasteiger partial charge in [-0.2, -0.15) is 0 Å². The second-order valence-corrected chi connectivity index (χ2v) is 7.33. The van der Waals surface area contributed by atoms with Gasteiger partial charge in [-0.05, 0) is 43.6 Å². The van der Waals surface area contributed by atoms with E-state index >= 15 is 0 Å². The summed E-state index contributed by atoms with van der Waals surface area (Å²) >= 11 is 0. The van der Waals surface area contributed by atoms with Crippen LogP contribution in [0.5, 0.6) is 0 Å². The zero-order valence-corrected chi connectivity index (χ0v) is 12.3. The maximum atomic E-state index is 10.4.